The maximum absolute atomic E-state index is 9.33. The van der Waals surface area contributed by atoms with Gasteiger partial charge in [-0.2, -0.15) is 0 Å². The van der Waals surface area contributed by atoms with Crippen LogP contribution in [0.4, 0.5) is 0 Å². The Kier molecular flexibility index (Phi) is 4.48. The number of benzene rings is 1. The van der Waals surface area contributed by atoms with Gasteiger partial charge in [0.2, 0.25) is 0 Å². The van der Waals surface area contributed by atoms with Gasteiger partial charge in [-0.15, -0.1) is 12.3 Å². The molecule has 0 unspecified atom stereocenters. The molecule has 0 fully saturated rings. The van der Waals surface area contributed by atoms with Crippen molar-refractivity contribution in [2.75, 3.05) is 6.61 Å². The Bertz CT molecular complexity index is 366. The smallest absolute Gasteiger partial charge is 0.137 e. The first-order valence-electron chi connectivity index (χ1n) is 4.69. The summed E-state index contributed by atoms with van der Waals surface area (Å²) in [5, 5.41) is 9.82. The number of terminal acetylenes is 1. The largest absolute Gasteiger partial charge is 0.491 e. The second kappa shape index (κ2) is 5.65. The monoisotopic (exact) mass is 224 g/mol. The highest BCUT2D eigenvalue weighted by Gasteiger charge is 2.06. The van der Waals surface area contributed by atoms with E-state index in [1.807, 2.05) is 0 Å². The van der Waals surface area contributed by atoms with E-state index in [1.165, 1.54) is 0 Å². The molecule has 1 rings (SSSR count). The van der Waals surface area contributed by atoms with E-state index in [1.54, 1.807) is 25.1 Å². The van der Waals surface area contributed by atoms with E-state index in [-0.39, 0.29) is 0 Å². The molecule has 0 bridgehead atoms. The molecule has 2 nitrogen and oxygen atoms in total. The normalized spacial score (nSPS) is 11.9. The van der Waals surface area contributed by atoms with Crippen LogP contribution in [0.3, 0.4) is 0 Å². The van der Waals surface area contributed by atoms with E-state index in [9.17, 15) is 5.11 Å². The lowest BCUT2D eigenvalue weighted by Crippen LogP contribution is -1.97. The molecule has 0 aromatic heterocycles. The van der Waals surface area contributed by atoms with Crippen molar-refractivity contribution in [3.63, 3.8) is 0 Å². The van der Waals surface area contributed by atoms with Gasteiger partial charge in [0, 0.05) is 6.42 Å². The minimum atomic E-state index is -0.526. The van der Waals surface area contributed by atoms with E-state index in [0.717, 1.165) is 5.56 Å². The van der Waals surface area contributed by atoms with Crippen LogP contribution < -0.4 is 4.74 Å². The van der Waals surface area contributed by atoms with Crippen LogP contribution in [0.15, 0.2) is 18.2 Å². The highest BCUT2D eigenvalue weighted by molar-refractivity contribution is 6.32. The predicted octanol–water partition coefficient (Wildman–Crippen LogP) is 2.80. The molecule has 15 heavy (non-hydrogen) atoms. The molecule has 3 heteroatoms. The Balaban J connectivity index is 2.71. The summed E-state index contributed by atoms with van der Waals surface area (Å²) in [4.78, 5) is 0. The van der Waals surface area contributed by atoms with Gasteiger partial charge >= 0.3 is 0 Å². The molecular formula is C12H13ClO2. The minimum Gasteiger partial charge on any atom is -0.491 e. The maximum Gasteiger partial charge on any atom is 0.137 e. The number of hydrogen-bond donors (Lipinski definition) is 1. The number of rotatable bonds is 4. The van der Waals surface area contributed by atoms with Gasteiger partial charge in [-0.1, -0.05) is 17.7 Å². The quantitative estimate of drug-likeness (QED) is 0.630. The Morgan fingerprint density at radius 1 is 1.60 bits per heavy atom. The lowest BCUT2D eigenvalue weighted by Gasteiger charge is -2.09. The number of halogens is 1. The maximum atomic E-state index is 9.33. The van der Waals surface area contributed by atoms with Gasteiger partial charge in [0.1, 0.15) is 5.75 Å². The lowest BCUT2D eigenvalue weighted by molar-refractivity contribution is 0.199. The molecule has 1 N–H and O–H groups in total. The zero-order chi connectivity index (χ0) is 11.3. The van der Waals surface area contributed by atoms with Crippen LogP contribution in [0.1, 0.15) is 25.0 Å². The molecule has 1 atom stereocenters. The lowest BCUT2D eigenvalue weighted by atomic mass is 10.1. The van der Waals surface area contributed by atoms with Crippen LogP contribution in [0.25, 0.3) is 0 Å². The van der Waals surface area contributed by atoms with Gasteiger partial charge in [-0.05, 0) is 24.6 Å². The summed E-state index contributed by atoms with van der Waals surface area (Å²) in [7, 11) is 0. The Morgan fingerprint density at radius 2 is 2.33 bits per heavy atom. The van der Waals surface area contributed by atoms with Crippen molar-refractivity contribution in [2.45, 2.75) is 19.4 Å². The minimum absolute atomic E-state index is 0.449. The van der Waals surface area contributed by atoms with Crippen LogP contribution in [0.5, 0.6) is 5.75 Å². The topological polar surface area (TPSA) is 29.5 Å². The van der Waals surface area contributed by atoms with Gasteiger partial charge < -0.3 is 9.84 Å². The van der Waals surface area contributed by atoms with Crippen LogP contribution in [-0.4, -0.2) is 11.7 Å². The van der Waals surface area contributed by atoms with Gasteiger partial charge in [0.15, 0.2) is 0 Å². The molecule has 80 valence electrons. The second-order valence-electron chi connectivity index (χ2n) is 3.17. The molecule has 0 aliphatic carbocycles. The van der Waals surface area contributed by atoms with Crippen LogP contribution >= 0.6 is 11.6 Å². The molecule has 0 aliphatic heterocycles. The van der Waals surface area contributed by atoms with Crippen LogP contribution in [0, 0.1) is 12.3 Å². The van der Waals surface area contributed by atoms with E-state index < -0.39 is 6.10 Å². The fraction of sp³-hybridized carbons (Fsp3) is 0.333. The zero-order valence-electron chi connectivity index (χ0n) is 8.53. The van der Waals surface area contributed by atoms with E-state index >= 15 is 0 Å². The SMILES string of the molecule is C#CCCOc1ccc([C@H](C)O)cc1Cl. The highest BCUT2D eigenvalue weighted by Crippen LogP contribution is 2.27. The van der Waals surface area contributed by atoms with Crippen LogP contribution in [-0.2, 0) is 0 Å². The first kappa shape index (κ1) is 11.9. The summed E-state index contributed by atoms with van der Waals surface area (Å²) in [6.07, 6.45) is 5.12. The van der Waals surface area contributed by atoms with Gasteiger partial charge in [-0.3, -0.25) is 0 Å². The molecule has 0 aliphatic rings. The first-order chi connectivity index (χ1) is 7.15. The van der Waals surface area contributed by atoms with E-state index in [4.69, 9.17) is 22.8 Å². The Morgan fingerprint density at radius 3 is 2.87 bits per heavy atom. The van der Waals surface area contributed by atoms with Crippen molar-refractivity contribution in [1.82, 2.24) is 0 Å². The van der Waals surface area contributed by atoms with Gasteiger partial charge in [-0.25, -0.2) is 0 Å². The summed E-state index contributed by atoms with van der Waals surface area (Å²) in [6.45, 7) is 2.13. The molecule has 1 aromatic rings. The summed E-state index contributed by atoms with van der Waals surface area (Å²) in [6, 6.07) is 5.21. The highest BCUT2D eigenvalue weighted by atomic mass is 35.5. The van der Waals surface area contributed by atoms with Crippen molar-refractivity contribution < 1.29 is 9.84 Å². The number of hydrogen-bond acceptors (Lipinski definition) is 2. The molecule has 0 amide bonds. The molecule has 0 saturated carbocycles. The van der Waals surface area contributed by atoms with Crippen LogP contribution in [0.2, 0.25) is 5.02 Å². The zero-order valence-corrected chi connectivity index (χ0v) is 9.29. The fourth-order valence-electron chi connectivity index (χ4n) is 1.11. The van der Waals surface area contributed by atoms with Crippen molar-refractivity contribution >= 4 is 11.6 Å². The molecular weight excluding hydrogens is 212 g/mol. The van der Waals surface area contributed by atoms with Gasteiger partial charge in [0.05, 0.1) is 17.7 Å². The average molecular weight is 225 g/mol. The third-order valence-electron chi connectivity index (χ3n) is 1.94. The van der Waals surface area contributed by atoms with Crippen molar-refractivity contribution in [2.24, 2.45) is 0 Å². The van der Waals surface area contributed by atoms with Crippen molar-refractivity contribution in [3.8, 4) is 18.1 Å². The third-order valence-corrected chi connectivity index (χ3v) is 2.24. The standard InChI is InChI=1S/C12H13ClO2/c1-3-4-7-15-12-6-5-10(9(2)14)8-11(12)13/h1,5-6,8-9,14H,4,7H2,2H3/t9-/m0/s1. The second-order valence-corrected chi connectivity index (χ2v) is 3.58. The number of aliphatic hydroxyl groups excluding tert-OH is 1. The van der Waals surface area contributed by atoms with Gasteiger partial charge in [0.25, 0.3) is 0 Å². The Labute approximate surface area is 94.8 Å². The first-order valence-corrected chi connectivity index (χ1v) is 5.06. The molecule has 0 saturated heterocycles. The molecule has 0 spiro atoms. The molecule has 1 aromatic carbocycles. The fourth-order valence-corrected chi connectivity index (χ4v) is 1.36. The summed E-state index contributed by atoms with van der Waals surface area (Å²) in [5.41, 5.74) is 0.768. The van der Waals surface area contributed by atoms with E-state index in [0.29, 0.717) is 23.8 Å². The number of aliphatic hydroxyl groups is 1. The molecule has 0 heterocycles. The Hall–Kier alpha value is -1.17. The average Bonchev–Trinajstić information content (AvgIpc) is 2.20. The predicted molar refractivity (Wildman–Crippen MR) is 61.0 cm³/mol. The molecule has 0 radical (unpaired) electrons. The van der Waals surface area contributed by atoms with Crippen molar-refractivity contribution in [1.29, 1.82) is 0 Å². The summed E-state index contributed by atoms with van der Waals surface area (Å²) in [5.74, 6) is 3.07. The third kappa shape index (κ3) is 3.47. The number of ether oxygens (including phenoxy) is 1. The van der Waals surface area contributed by atoms with Crippen molar-refractivity contribution in [3.05, 3.63) is 28.8 Å². The summed E-state index contributed by atoms with van der Waals surface area (Å²) < 4.78 is 5.36. The van der Waals surface area contributed by atoms with E-state index in [2.05, 4.69) is 5.92 Å². The summed E-state index contributed by atoms with van der Waals surface area (Å²) >= 11 is 5.96.